The van der Waals surface area contributed by atoms with Crippen molar-refractivity contribution in [2.45, 2.75) is 19.3 Å². The molecule has 0 spiro atoms. The number of carbonyl (C=O) groups excluding carboxylic acids is 1. The van der Waals surface area contributed by atoms with Gasteiger partial charge in [-0.1, -0.05) is 30.3 Å². The van der Waals surface area contributed by atoms with Crippen molar-refractivity contribution >= 4 is 28.3 Å². The fourth-order valence-electron chi connectivity index (χ4n) is 2.89. The number of nitrogen functional groups attached to an aromatic ring is 1. The Labute approximate surface area is 139 Å². The fraction of sp³-hybridized carbons (Fsp3) is 0.158. The van der Waals surface area contributed by atoms with E-state index in [2.05, 4.69) is 4.98 Å². The number of para-hydroxylation sites is 1. The van der Waals surface area contributed by atoms with Crippen molar-refractivity contribution in [2.75, 3.05) is 5.73 Å². The number of carboxylic acid groups (broad SMARTS) is 1. The van der Waals surface area contributed by atoms with Gasteiger partial charge in [-0.15, -0.1) is 0 Å². The maximum Gasteiger partial charge on any atom is 0.303 e. The number of hydrogen-bond donors (Lipinski definition) is 3. The normalized spacial score (nSPS) is 10.8. The van der Waals surface area contributed by atoms with E-state index in [4.69, 9.17) is 10.8 Å². The Morgan fingerprint density at radius 3 is 2.62 bits per heavy atom. The fourth-order valence-corrected chi connectivity index (χ4v) is 2.89. The third-order valence-electron chi connectivity index (χ3n) is 4.01. The highest BCUT2D eigenvalue weighted by Gasteiger charge is 2.19. The summed E-state index contributed by atoms with van der Waals surface area (Å²) in [4.78, 5) is 26.8. The molecule has 5 heteroatoms. The van der Waals surface area contributed by atoms with Crippen LogP contribution in [0.25, 0.3) is 10.9 Å². The van der Waals surface area contributed by atoms with Gasteiger partial charge in [0.25, 0.3) is 0 Å². The molecule has 122 valence electrons. The lowest BCUT2D eigenvalue weighted by Crippen LogP contribution is -2.06. The highest BCUT2D eigenvalue weighted by atomic mass is 16.4. The second-order valence-corrected chi connectivity index (χ2v) is 5.73. The van der Waals surface area contributed by atoms with Crippen LogP contribution in [0.15, 0.2) is 48.5 Å². The first-order valence-electron chi connectivity index (χ1n) is 7.78. The Hall–Kier alpha value is -3.08. The highest BCUT2D eigenvalue weighted by molar-refractivity contribution is 6.12. The predicted octanol–water partition coefficient (Wildman–Crippen LogP) is 3.39. The topological polar surface area (TPSA) is 96.2 Å². The Morgan fingerprint density at radius 2 is 1.88 bits per heavy atom. The number of rotatable bonds is 6. The molecule has 0 saturated carbocycles. The van der Waals surface area contributed by atoms with Gasteiger partial charge in [-0.2, -0.15) is 0 Å². The molecule has 3 rings (SSSR count). The van der Waals surface area contributed by atoms with Gasteiger partial charge in [0.15, 0.2) is 0 Å². The minimum Gasteiger partial charge on any atom is -0.481 e. The van der Waals surface area contributed by atoms with Gasteiger partial charge in [0.1, 0.15) is 0 Å². The van der Waals surface area contributed by atoms with Crippen LogP contribution < -0.4 is 5.73 Å². The van der Waals surface area contributed by atoms with Gasteiger partial charge in [0.2, 0.25) is 5.78 Å². The monoisotopic (exact) mass is 322 g/mol. The molecule has 0 saturated heterocycles. The molecule has 0 amide bonds. The number of H-pyrrole nitrogens is 1. The van der Waals surface area contributed by atoms with Gasteiger partial charge in [-0.05, 0) is 36.6 Å². The number of aromatic amines is 1. The number of benzene rings is 2. The van der Waals surface area contributed by atoms with Crippen molar-refractivity contribution < 1.29 is 14.7 Å². The van der Waals surface area contributed by atoms with E-state index in [9.17, 15) is 9.59 Å². The van der Waals surface area contributed by atoms with Crippen LogP contribution in [0.1, 0.15) is 34.5 Å². The molecule has 5 nitrogen and oxygen atoms in total. The lowest BCUT2D eigenvalue weighted by atomic mass is 9.99. The standard InChI is InChI=1S/C19H18N2O3/c20-13-6-3-5-12(11-13)19(24)18-15(8-4-10-17(22)23)14-7-1-2-9-16(14)21-18/h1-3,5-7,9,11,21H,4,8,10,20H2,(H,22,23). The summed E-state index contributed by atoms with van der Waals surface area (Å²) in [6.07, 6.45) is 1.08. The maximum atomic E-state index is 12.9. The van der Waals surface area contributed by atoms with Gasteiger partial charge in [0, 0.05) is 28.6 Å². The number of hydrogen-bond acceptors (Lipinski definition) is 3. The number of anilines is 1. The lowest BCUT2D eigenvalue weighted by molar-refractivity contribution is -0.137. The molecule has 24 heavy (non-hydrogen) atoms. The molecule has 3 aromatic rings. The number of carboxylic acids is 1. The molecule has 0 atom stereocenters. The zero-order valence-electron chi connectivity index (χ0n) is 13.1. The minimum atomic E-state index is -0.835. The van der Waals surface area contributed by atoms with Crippen LogP contribution in [0.3, 0.4) is 0 Å². The number of nitrogens with one attached hydrogen (secondary N) is 1. The molecular weight excluding hydrogens is 304 g/mol. The minimum absolute atomic E-state index is 0.0748. The van der Waals surface area contributed by atoms with Gasteiger partial charge in [0.05, 0.1) is 5.69 Å². The number of fused-ring (bicyclic) bond motifs is 1. The van der Waals surface area contributed by atoms with Crippen LogP contribution >= 0.6 is 0 Å². The number of ketones is 1. The van der Waals surface area contributed by atoms with Crippen LogP contribution in [0, 0.1) is 0 Å². The molecule has 0 bridgehead atoms. The van der Waals surface area contributed by atoms with Crippen LogP contribution in [-0.4, -0.2) is 21.8 Å². The van der Waals surface area contributed by atoms with Crippen molar-refractivity contribution in [1.29, 1.82) is 0 Å². The van der Waals surface area contributed by atoms with Gasteiger partial charge >= 0.3 is 5.97 Å². The third kappa shape index (κ3) is 3.15. The number of aromatic nitrogens is 1. The van der Waals surface area contributed by atoms with Gasteiger partial charge in [-0.25, -0.2) is 0 Å². The quantitative estimate of drug-likeness (QED) is 0.479. The number of aryl methyl sites for hydroxylation is 1. The number of nitrogens with two attached hydrogens (primary N) is 1. The molecule has 0 aliphatic carbocycles. The summed E-state index contributed by atoms with van der Waals surface area (Å²) in [5.41, 5.74) is 9.06. The molecule has 4 N–H and O–H groups in total. The predicted molar refractivity (Wildman–Crippen MR) is 93.2 cm³/mol. The van der Waals surface area contributed by atoms with Crippen LogP contribution in [0.4, 0.5) is 5.69 Å². The first-order chi connectivity index (χ1) is 11.6. The average molecular weight is 322 g/mol. The van der Waals surface area contributed by atoms with Crippen molar-refractivity contribution in [3.8, 4) is 0 Å². The van der Waals surface area contributed by atoms with Crippen LogP contribution in [0.5, 0.6) is 0 Å². The summed E-state index contributed by atoms with van der Waals surface area (Å²) >= 11 is 0. The summed E-state index contributed by atoms with van der Waals surface area (Å²) in [5.74, 6) is -0.970. The zero-order valence-corrected chi connectivity index (χ0v) is 13.1. The highest BCUT2D eigenvalue weighted by Crippen LogP contribution is 2.26. The van der Waals surface area contributed by atoms with E-state index >= 15 is 0 Å². The SMILES string of the molecule is Nc1cccc(C(=O)c2[nH]c3ccccc3c2CCCC(=O)O)c1. The molecule has 0 aliphatic heterocycles. The number of carbonyl (C=O) groups is 2. The first-order valence-corrected chi connectivity index (χ1v) is 7.78. The summed E-state index contributed by atoms with van der Waals surface area (Å²) in [7, 11) is 0. The Kier molecular flexibility index (Phi) is 4.33. The summed E-state index contributed by atoms with van der Waals surface area (Å²) in [6.45, 7) is 0. The molecule has 0 unspecified atom stereocenters. The molecule has 1 heterocycles. The van der Waals surface area contributed by atoms with E-state index in [1.54, 1.807) is 24.3 Å². The van der Waals surface area contributed by atoms with E-state index in [-0.39, 0.29) is 12.2 Å². The largest absolute Gasteiger partial charge is 0.481 e. The van der Waals surface area contributed by atoms with Gasteiger partial charge in [-0.3, -0.25) is 9.59 Å². The molecule has 2 aromatic carbocycles. The van der Waals surface area contributed by atoms with Crippen molar-refractivity contribution in [1.82, 2.24) is 4.98 Å². The lowest BCUT2D eigenvalue weighted by Gasteiger charge is -2.05. The summed E-state index contributed by atoms with van der Waals surface area (Å²) in [6, 6.07) is 14.5. The first kappa shape index (κ1) is 15.8. The molecule has 0 fully saturated rings. The van der Waals surface area contributed by atoms with Gasteiger partial charge < -0.3 is 15.8 Å². The Bertz CT molecular complexity index is 912. The summed E-state index contributed by atoms with van der Waals surface area (Å²) < 4.78 is 0. The molecular formula is C19H18N2O3. The number of aliphatic carboxylic acids is 1. The van der Waals surface area contributed by atoms with E-state index in [0.29, 0.717) is 29.8 Å². The van der Waals surface area contributed by atoms with E-state index in [1.165, 1.54) is 0 Å². The smallest absolute Gasteiger partial charge is 0.303 e. The zero-order chi connectivity index (χ0) is 17.1. The van der Waals surface area contributed by atoms with Crippen LogP contribution in [-0.2, 0) is 11.2 Å². The molecule has 0 aliphatic rings. The van der Waals surface area contributed by atoms with Crippen molar-refractivity contribution in [2.24, 2.45) is 0 Å². The van der Waals surface area contributed by atoms with Crippen molar-refractivity contribution in [3.63, 3.8) is 0 Å². The third-order valence-corrected chi connectivity index (χ3v) is 4.01. The summed E-state index contributed by atoms with van der Waals surface area (Å²) in [5, 5.41) is 9.81. The second kappa shape index (κ2) is 6.58. The van der Waals surface area contributed by atoms with E-state index in [0.717, 1.165) is 16.5 Å². The average Bonchev–Trinajstić information content (AvgIpc) is 2.93. The molecule has 0 radical (unpaired) electrons. The maximum absolute atomic E-state index is 12.9. The van der Waals surface area contributed by atoms with Crippen molar-refractivity contribution in [3.05, 3.63) is 65.4 Å². The van der Waals surface area contributed by atoms with E-state index in [1.807, 2.05) is 24.3 Å². The Morgan fingerprint density at radius 1 is 1.08 bits per heavy atom. The van der Waals surface area contributed by atoms with Crippen LogP contribution in [0.2, 0.25) is 0 Å². The molecule has 1 aromatic heterocycles. The van der Waals surface area contributed by atoms with E-state index < -0.39 is 5.97 Å². The Balaban J connectivity index is 2.02. The second-order valence-electron chi connectivity index (χ2n) is 5.73.